The Morgan fingerprint density at radius 2 is 1.94 bits per heavy atom. The minimum Gasteiger partial charge on any atom is -0.343 e. The highest BCUT2D eigenvalue weighted by molar-refractivity contribution is 5.94. The van der Waals surface area contributed by atoms with Gasteiger partial charge in [-0.2, -0.15) is 0 Å². The number of rotatable bonds is 6. The molecule has 0 radical (unpaired) electrons. The Morgan fingerprint density at radius 3 is 2.50 bits per heavy atom. The molecule has 0 bridgehead atoms. The third kappa shape index (κ3) is 4.00. The zero-order valence-electron chi connectivity index (χ0n) is 12.0. The Bertz CT molecular complexity index is 302. The summed E-state index contributed by atoms with van der Waals surface area (Å²) in [5, 5.41) is 2.74. The lowest BCUT2D eigenvalue weighted by molar-refractivity contribution is -0.146. The number of nitrogens with one attached hydrogen (secondary N) is 1. The van der Waals surface area contributed by atoms with Crippen molar-refractivity contribution in [2.24, 2.45) is 5.92 Å². The molecule has 0 saturated carbocycles. The molecule has 4 heteroatoms. The van der Waals surface area contributed by atoms with Crippen LogP contribution < -0.4 is 5.32 Å². The van der Waals surface area contributed by atoms with Crippen LogP contribution in [0.5, 0.6) is 0 Å². The van der Waals surface area contributed by atoms with Crippen LogP contribution in [0.15, 0.2) is 0 Å². The highest BCUT2D eigenvalue weighted by Crippen LogP contribution is 2.16. The van der Waals surface area contributed by atoms with Crippen molar-refractivity contribution in [3.05, 3.63) is 0 Å². The summed E-state index contributed by atoms with van der Waals surface area (Å²) >= 11 is 0. The van der Waals surface area contributed by atoms with Crippen molar-refractivity contribution in [2.45, 2.75) is 65.5 Å². The smallest absolute Gasteiger partial charge is 0.245 e. The second-order valence-electron chi connectivity index (χ2n) is 5.67. The molecule has 1 aliphatic heterocycles. The number of hydrogen-bond acceptors (Lipinski definition) is 2. The summed E-state index contributed by atoms with van der Waals surface area (Å²) in [6.45, 7) is 8.60. The van der Waals surface area contributed by atoms with E-state index in [9.17, 15) is 9.59 Å². The van der Waals surface area contributed by atoms with E-state index in [1.54, 1.807) is 4.90 Å². The van der Waals surface area contributed by atoms with E-state index in [1.165, 1.54) is 6.42 Å². The fraction of sp³-hybridized carbons (Fsp3) is 0.857. The largest absolute Gasteiger partial charge is 0.343 e. The Morgan fingerprint density at radius 1 is 1.28 bits per heavy atom. The summed E-state index contributed by atoms with van der Waals surface area (Å²) in [7, 11) is 0. The van der Waals surface area contributed by atoms with Gasteiger partial charge >= 0.3 is 0 Å². The maximum atomic E-state index is 12.2. The van der Waals surface area contributed by atoms with Crippen molar-refractivity contribution >= 4 is 11.8 Å². The van der Waals surface area contributed by atoms with Crippen LogP contribution in [0.4, 0.5) is 0 Å². The quantitative estimate of drug-likeness (QED) is 0.787. The van der Waals surface area contributed by atoms with E-state index in [-0.39, 0.29) is 30.4 Å². The molecular formula is C14H26N2O2. The van der Waals surface area contributed by atoms with E-state index in [0.29, 0.717) is 12.3 Å². The molecule has 2 unspecified atom stereocenters. The van der Waals surface area contributed by atoms with E-state index in [4.69, 9.17) is 0 Å². The molecule has 1 fully saturated rings. The van der Waals surface area contributed by atoms with Crippen LogP contribution >= 0.6 is 0 Å². The Hall–Kier alpha value is -1.06. The minimum atomic E-state index is -0.321. The summed E-state index contributed by atoms with van der Waals surface area (Å²) in [6.07, 6.45) is 3.93. The Labute approximate surface area is 110 Å². The highest BCUT2D eigenvalue weighted by Gasteiger charge is 2.33. The van der Waals surface area contributed by atoms with Crippen LogP contribution in [-0.4, -0.2) is 35.3 Å². The minimum absolute atomic E-state index is 0.0304. The number of carbonyl (C=O) groups excluding carboxylic acids is 2. The van der Waals surface area contributed by atoms with Gasteiger partial charge in [0.2, 0.25) is 11.8 Å². The van der Waals surface area contributed by atoms with Crippen molar-refractivity contribution < 1.29 is 9.59 Å². The summed E-state index contributed by atoms with van der Waals surface area (Å²) < 4.78 is 0. The molecule has 2 amide bonds. The zero-order valence-corrected chi connectivity index (χ0v) is 12.0. The Balaban J connectivity index is 2.52. The average molecular weight is 254 g/mol. The molecule has 0 aromatic heterocycles. The van der Waals surface area contributed by atoms with E-state index in [1.807, 2.05) is 13.8 Å². The molecule has 2 atom stereocenters. The second kappa shape index (κ2) is 6.76. The normalized spacial score (nSPS) is 22.3. The van der Waals surface area contributed by atoms with Crippen LogP contribution in [0.3, 0.4) is 0 Å². The number of carbonyl (C=O) groups is 2. The second-order valence-corrected chi connectivity index (χ2v) is 5.67. The first kappa shape index (κ1) is 15.0. The van der Waals surface area contributed by atoms with Crippen molar-refractivity contribution in [3.63, 3.8) is 0 Å². The van der Waals surface area contributed by atoms with Crippen LogP contribution in [0.25, 0.3) is 0 Å². The summed E-state index contributed by atoms with van der Waals surface area (Å²) in [6, 6.07) is -0.157. The molecule has 0 aliphatic carbocycles. The molecule has 0 aromatic carbocycles. The number of hydrogen-bond donors (Lipinski definition) is 1. The lowest BCUT2D eigenvalue weighted by Crippen LogP contribution is -2.59. The first-order chi connectivity index (χ1) is 8.45. The fourth-order valence-corrected chi connectivity index (χ4v) is 2.36. The van der Waals surface area contributed by atoms with Crippen molar-refractivity contribution in [2.75, 3.05) is 6.54 Å². The zero-order chi connectivity index (χ0) is 13.7. The van der Waals surface area contributed by atoms with Gasteiger partial charge in [0, 0.05) is 6.04 Å². The van der Waals surface area contributed by atoms with E-state index in [0.717, 1.165) is 12.8 Å². The fourth-order valence-electron chi connectivity index (χ4n) is 2.36. The number of amides is 2. The van der Waals surface area contributed by atoms with Gasteiger partial charge in [-0.15, -0.1) is 0 Å². The van der Waals surface area contributed by atoms with Gasteiger partial charge < -0.3 is 10.2 Å². The van der Waals surface area contributed by atoms with E-state index < -0.39 is 0 Å². The molecule has 0 aromatic rings. The third-order valence-corrected chi connectivity index (χ3v) is 3.57. The van der Waals surface area contributed by atoms with E-state index >= 15 is 0 Å². The summed E-state index contributed by atoms with van der Waals surface area (Å²) in [5.41, 5.74) is 0. The van der Waals surface area contributed by atoms with Gasteiger partial charge in [-0.1, -0.05) is 33.6 Å². The summed E-state index contributed by atoms with van der Waals surface area (Å²) in [5.74, 6) is 0.743. The molecule has 0 spiro atoms. The molecule has 104 valence electrons. The van der Waals surface area contributed by atoms with Gasteiger partial charge in [-0.3, -0.25) is 9.59 Å². The standard InChI is InChI=1S/C14H26N2O2/c1-5-12-14(18)16(9-13(17)15-12)11(4)8-6-7-10(2)3/h10-12H,5-9H2,1-4H3,(H,15,17). The first-order valence-corrected chi connectivity index (χ1v) is 7.05. The number of nitrogens with zero attached hydrogens (tertiary/aromatic N) is 1. The third-order valence-electron chi connectivity index (χ3n) is 3.57. The van der Waals surface area contributed by atoms with Gasteiger partial charge in [0.1, 0.15) is 6.04 Å². The molecule has 1 rings (SSSR count). The van der Waals surface area contributed by atoms with Gasteiger partial charge in [-0.25, -0.2) is 0 Å². The monoisotopic (exact) mass is 254 g/mol. The van der Waals surface area contributed by atoms with Gasteiger partial charge in [0.15, 0.2) is 0 Å². The molecule has 1 N–H and O–H groups in total. The van der Waals surface area contributed by atoms with Gasteiger partial charge in [-0.05, 0) is 25.7 Å². The molecule has 18 heavy (non-hydrogen) atoms. The maximum absolute atomic E-state index is 12.2. The van der Waals surface area contributed by atoms with Gasteiger partial charge in [0.25, 0.3) is 0 Å². The van der Waals surface area contributed by atoms with Crippen LogP contribution in [-0.2, 0) is 9.59 Å². The molecule has 1 saturated heterocycles. The highest BCUT2D eigenvalue weighted by atomic mass is 16.2. The Kier molecular flexibility index (Phi) is 5.63. The maximum Gasteiger partial charge on any atom is 0.245 e. The number of piperazine rings is 1. The average Bonchev–Trinajstić information content (AvgIpc) is 2.30. The molecule has 4 nitrogen and oxygen atoms in total. The van der Waals surface area contributed by atoms with Gasteiger partial charge in [0.05, 0.1) is 6.54 Å². The summed E-state index contributed by atoms with van der Waals surface area (Å²) in [4.78, 5) is 25.5. The van der Waals surface area contributed by atoms with Crippen LogP contribution in [0.2, 0.25) is 0 Å². The lowest BCUT2D eigenvalue weighted by atomic mass is 10.0. The topological polar surface area (TPSA) is 49.4 Å². The lowest BCUT2D eigenvalue weighted by Gasteiger charge is -2.36. The van der Waals surface area contributed by atoms with Crippen molar-refractivity contribution in [3.8, 4) is 0 Å². The van der Waals surface area contributed by atoms with Crippen molar-refractivity contribution in [1.29, 1.82) is 0 Å². The van der Waals surface area contributed by atoms with Crippen molar-refractivity contribution in [1.82, 2.24) is 10.2 Å². The SMILES string of the molecule is CCC1NC(=O)CN(C(C)CCCC(C)C)C1=O. The predicted octanol–water partition coefficient (Wildman–Crippen LogP) is 1.94. The predicted molar refractivity (Wildman–Crippen MR) is 72.1 cm³/mol. The molecule has 1 aliphatic rings. The first-order valence-electron chi connectivity index (χ1n) is 7.05. The molecule has 1 heterocycles. The van der Waals surface area contributed by atoms with Crippen LogP contribution in [0.1, 0.15) is 53.4 Å². The molecular weight excluding hydrogens is 228 g/mol. The van der Waals surface area contributed by atoms with Crippen LogP contribution in [0, 0.1) is 5.92 Å². The van der Waals surface area contributed by atoms with E-state index in [2.05, 4.69) is 19.2 Å².